The van der Waals surface area contributed by atoms with Gasteiger partial charge in [0.05, 0.1) is 0 Å². The van der Waals surface area contributed by atoms with Gasteiger partial charge in [0.1, 0.15) is 0 Å². The van der Waals surface area contributed by atoms with Crippen molar-refractivity contribution in [2.45, 2.75) is 45.2 Å². The molecular formula is C10H19OSi. The normalized spacial score (nSPS) is 11.2. The molecule has 1 nitrogen and oxygen atoms in total. The number of rotatable bonds is 5. The highest BCUT2D eigenvalue weighted by Gasteiger charge is 2.21. The molecule has 0 unspecified atom stereocenters. The summed E-state index contributed by atoms with van der Waals surface area (Å²) in [6.45, 7) is 9.64. The predicted octanol–water partition coefficient (Wildman–Crippen LogP) is 2.84. The lowest BCUT2D eigenvalue weighted by Crippen LogP contribution is -2.25. The molecule has 0 fully saturated rings. The molecule has 0 aliphatic carbocycles. The maximum absolute atomic E-state index is 5.76. The SMILES string of the molecule is C#CCCO[Si](C(C)C)C(C)C. The van der Waals surface area contributed by atoms with Crippen LogP contribution < -0.4 is 0 Å². The van der Waals surface area contributed by atoms with Gasteiger partial charge in [-0.2, -0.15) is 0 Å². The minimum atomic E-state index is -0.647. The van der Waals surface area contributed by atoms with Gasteiger partial charge in [0.15, 0.2) is 0 Å². The van der Waals surface area contributed by atoms with Gasteiger partial charge >= 0.3 is 0 Å². The second-order valence-electron chi connectivity index (χ2n) is 3.51. The smallest absolute Gasteiger partial charge is 0.216 e. The summed E-state index contributed by atoms with van der Waals surface area (Å²) in [4.78, 5) is 0. The highest BCUT2D eigenvalue weighted by atomic mass is 28.3. The molecule has 12 heavy (non-hydrogen) atoms. The summed E-state index contributed by atoms with van der Waals surface area (Å²) in [5.74, 6) is 2.59. The van der Waals surface area contributed by atoms with Crippen molar-refractivity contribution in [3.05, 3.63) is 0 Å². The third kappa shape index (κ3) is 4.58. The van der Waals surface area contributed by atoms with Crippen LogP contribution in [0.3, 0.4) is 0 Å². The van der Waals surface area contributed by atoms with E-state index in [1.807, 2.05) is 0 Å². The van der Waals surface area contributed by atoms with Gasteiger partial charge < -0.3 is 4.43 Å². The van der Waals surface area contributed by atoms with Crippen molar-refractivity contribution in [1.29, 1.82) is 0 Å². The monoisotopic (exact) mass is 183 g/mol. The molecule has 0 saturated carbocycles. The molecule has 0 amide bonds. The van der Waals surface area contributed by atoms with Gasteiger partial charge in [-0.3, -0.25) is 0 Å². The zero-order valence-electron chi connectivity index (χ0n) is 8.55. The average Bonchev–Trinajstić information content (AvgIpc) is 1.96. The summed E-state index contributed by atoms with van der Waals surface area (Å²) >= 11 is 0. The van der Waals surface area contributed by atoms with E-state index in [4.69, 9.17) is 10.8 Å². The van der Waals surface area contributed by atoms with Crippen LogP contribution in [0.5, 0.6) is 0 Å². The highest BCUT2D eigenvalue weighted by molar-refractivity contribution is 6.54. The van der Waals surface area contributed by atoms with Crippen molar-refractivity contribution in [2.24, 2.45) is 0 Å². The summed E-state index contributed by atoms with van der Waals surface area (Å²) in [6, 6.07) is 0. The molecular weight excluding hydrogens is 164 g/mol. The van der Waals surface area contributed by atoms with Gasteiger partial charge in [0.25, 0.3) is 0 Å². The van der Waals surface area contributed by atoms with Crippen LogP contribution in [-0.4, -0.2) is 15.6 Å². The van der Waals surface area contributed by atoms with Crippen LogP contribution in [0.25, 0.3) is 0 Å². The van der Waals surface area contributed by atoms with E-state index in [1.165, 1.54) is 0 Å². The van der Waals surface area contributed by atoms with Crippen LogP contribution >= 0.6 is 0 Å². The van der Waals surface area contributed by atoms with Crippen molar-refractivity contribution in [2.75, 3.05) is 6.61 Å². The highest BCUT2D eigenvalue weighted by Crippen LogP contribution is 2.20. The Morgan fingerprint density at radius 3 is 2.08 bits per heavy atom. The maximum atomic E-state index is 5.76. The standard InChI is InChI=1S/C10H19OSi/c1-6-7-8-11-12(9(2)3)10(4)5/h1,9-10H,7-8H2,2-5H3. The Morgan fingerprint density at radius 2 is 1.75 bits per heavy atom. The fraction of sp³-hybridized carbons (Fsp3) is 0.800. The fourth-order valence-corrected chi connectivity index (χ4v) is 3.57. The predicted molar refractivity (Wildman–Crippen MR) is 55.4 cm³/mol. The van der Waals surface area contributed by atoms with E-state index in [0.29, 0.717) is 11.1 Å². The minimum Gasteiger partial charge on any atom is -0.415 e. The Kier molecular flexibility index (Phi) is 6.14. The third-order valence-corrected chi connectivity index (χ3v) is 4.47. The first kappa shape index (κ1) is 11.7. The van der Waals surface area contributed by atoms with E-state index in [-0.39, 0.29) is 0 Å². The molecule has 2 heteroatoms. The summed E-state index contributed by atoms with van der Waals surface area (Å²) < 4.78 is 5.76. The molecule has 0 aliphatic rings. The minimum absolute atomic E-state index is 0.647. The zero-order valence-corrected chi connectivity index (χ0v) is 9.55. The van der Waals surface area contributed by atoms with Gasteiger partial charge in [-0.05, 0) is 11.1 Å². The van der Waals surface area contributed by atoms with E-state index in [9.17, 15) is 0 Å². The van der Waals surface area contributed by atoms with Crippen molar-refractivity contribution in [3.8, 4) is 12.3 Å². The number of hydrogen-bond donors (Lipinski definition) is 0. The molecule has 0 saturated heterocycles. The largest absolute Gasteiger partial charge is 0.415 e. The first-order valence-electron chi connectivity index (χ1n) is 4.52. The maximum Gasteiger partial charge on any atom is 0.216 e. The molecule has 0 N–H and O–H groups in total. The molecule has 0 rings (SSSR count). The van der Waals surface area contributed by atoms with Crippen LogP contribution in [0.4, 0.5) is 0 Å². The van der Waals surface area contributed by atoms with Gasteiger partial charge in [-0.25, -0.2) is 0 Å². The average molecular weight is 183 g/mol. The van der Waals surface area contributed by atoms with E-state index in [2.05, 4.69) is 33.6 Å². The molecule has 0 heterocycles. The Labute approximate surface area is 78.2 Å². The van der Waals surface area contributed by atoms with Crippen LogP contribution in [0.1, 0.15) is 34.1 Å². The second kappa shape index (κ2) is 6.27. The quantitative estimate of drug-likeness (QED) is 0.362. The molecule has 0 aromatic rings. The zero-order chi connectivity index (χ0) is 9.56. The van der Waals surface area contributed by atoms with E-state index < -0.39 is 9.04 Å². The van der Waals surface area contributed by atoms with Crippen LogP contribution in [0.2, 0.25) is 11.1 Å². The van der Waals surface area contributed by atoms with Crippen LogP contribution in [0.15, 0.2) is 0 Å². The lowest BCUT2D eigenvalue weighted by molar-refractivity contribution is 0.317. The topological polar surface area (TPSA) is 9.23 Å². The summed E-state index contributed by atoms with van der Waals surface area (Å²) in [5, 5.41) is 0. The van der Waals surface area contributed by atoms with Gasteiger partial charge in [-0.1, -0.05) is 27.7 Å². The van der Waals surface area contributed by atoms with Gasteiger partial charge in [0.2, 0.25) is 9.04 Å². The van der Waals surface area contributed by atoms with Crippen molar-refractivity contribution in [3.63, 3.8) is 0 Å². The number of hydrogen-bond acceptors (Lipinski definition) is 1. The molecule has 0 aromatic heterocycles. The van der Waals surface area contributed by atoms with Crippen molar-refractivity contribution >= 4 is 9.04 Å². The molecule has 1 radical (unpaired) electrons. The van der Waals surface area contributed by atoms with Crippen molar-refractivity contribution < 1.29 is 4.43 Å². The lowest BCUT2D eigenvalue weighted by Gasteiger charge is -2.21. The molecule has 0 aromatic carbocycles. The molecule has 0 spiro atoms. The Balaban J connectivity index is 3.74. The van der Waals surface area contributed by atoms with Crippen LogP contribution in [-0.2, 0) is 4.43 Å². The first-order chi connectivity index (χ1) is 5.59. The Bertz CT molecular complexity index is 138. The molecule has 0 bridgehead atoms. The first-order valence-corrected chi connectivity index (χ1v) is 6.08. The van der Waals surface area contributed by atoms with E-state index in [0.717, 1.165) is 13.0 Å². The molecule has 0 atom stereocenters. The summed E-state index contributed by atoms with van der Waals surface area (Å²) in [5.41, 5.74) is 1.35. The molecule has 0 aliphatic heterocycles. The van der Waals surface area contributed by atoms with Gasteiger partial charge in [-0.15, -0.1) is 12.3 Å². The van der Waals surface area contributed by atoms with E-state index >= 15 is 0 Å². The Hall–Kier alpha value is -0.263. The fourth-order valence-electron chi connectivity index (χ4n) is 1.23. The third-order valence-electron chi connectivity index (χ3n) is 1.65. The summed E-state index contributed by atoms with van der Waals surface area (Å²) in [6.07, 6.45) is 5.89. The lowest BCUT2D eigenvalue weighted by atomic mass is 10.5. The number of terminal acetylenes is 1. The van der Waals surface area contributed by atoms with Crippen LogP contribution in [0, 0.1) is 12.3 Å². The summed E-state index contributed by atoms with van der Waals surface area (Å²) in [7, 11) is -0.647. The Morgan fingerprint density at radius 1 is 1.25 bits per heavy atom. The van der Waals surface area contributed by atoms with Crippen molar-refractivity contribution in [1.82, 2.24) is 0 Å². The van der Waals surface area contributed by atoms with E-state index in [1.54, 1.807) is 0 Å². The van der Waals surface area contributed by atoms with Gasteiger partial charge in [0, 0.05) is 13.0 Å². The second-order valence-corrected chi connectivity index (χ2v) is 6.92. The molecule has 69 valence electrons.